The molecule has 14 heavy (non-hydrogen) atoms. The van der Waals surface area contributed by atoms with E-state index in [2.05, 4.69) is 0 Å². The van der Waals surface area contributed by atoms with Gasteiger partial charge in [-0.1, -0.05) is 0 Å². The number of carbonyl (C=O) groups excluding carboxylic acids is 2. The zero-order chi connectivity index (χ0) is 10.9. The monoisotopic (exact) mass is 229 g/mol. The summed E-state index contributed by atoms with van der Waals surface area (Å²) < 4.78 is 0.865. The second kappa shape index (κ2) is 4.14. The van der Waals surface area contributed by atoms with Crippen LogP contribution in [0.5, 0.6) is 0 Å². The highest BCUT2D eigenvalue weighted by atomic mass is 32.2. The summed E-state index contributed by atoms with van der Waals surface area (Å²) in [6.45, 7) is 3.26. The van der Waals surface area contributed by atoms with E-state index in [4.69, 9.17) is 5.73 Å². The molecule has 0 bridgehead atoms. The van der Waals surface area contributed by atoms with Crippen LogP contribution in [0.25, 0.3) is 0 Å². The lowest BCUT2D eigenvalue weighted by Gasteiger charge is -1.96. The van der Waals surface area contributed by atoms with Crippen LogP contribution in [0.4, 0.5) is 0 Å². The Hall–Kier alpha value is -0.810. The zero-order valence-corrected chi connectivity index (χ0v) is 9.84. The number of nitrogens with two attached hydrogens (primary N) is 1. The lowest BCUT2D eigenvalue weighted by atomic mass is 10.1. The Morgan fingerprint density at radius 1 is 1.43 bits per heavy atom. The quantitative estimate of drug-likeness (QED) is 0.637. The van der Waals surface area contributed by atoms with Crippen LogP contribution in [0.2, 0.25) is 0 Å². The Morgan fingerprint density at radius 2 is 2.00 bits per heavy atom. The van der Waals surface area contributed by atoms with Gasteiger partial charge in [0.15, 0.2) is 5.78 Å². The van der Waals surface area contributed by atoms with E-state index < -0.39 is 5.91 Å². The number of hydrogen-bond donors (Lipinski definition) is 1. The molecule has 0 spiro atoms. The molecule has 0 saturated carbocycles. The molecule has 0 aliphatic rings. The predicted octanol–water partition coefficient (Wildman–Crippen LogP) is 2.08. The second-order valence-electron chi connectivity index (χ2n) is 2.84. The van der Waals surface area contributed by atoms with Crippen molar-refractivity contribution in [1.29, 1.82) is 0 Å². The summed E-state index contributed by atoms with van der Waals surface area (Å²) in [5, 5.41) is 0. The number of primary amides is 1. The molecular weight excluding hydrogens is 218 g/mol. The smallest absolute Gasteiger partial charge is 0.259 e. The molecule has 1 amide bonds. The van der Waals surface area contributed by atoms with E-state index >= 15 is 0 Å². The van der Waals surface area contributed by atoms with E-state index in [9.17, 15) is 9.59 Å². The number of ketones is 1. The molecule has 0 saturated heterocycles. The van der Waals surface area contributed by atoms with Crippen molar-refractivity contribution in [1.82, 2.24) is 0 Å². The molecule has 2 N–H and O–H groups in total. The van der Waals surface area contributed by atoms with Gasteiger partial charge in [-0.15, -0.1) is 23.1 Å². The van der Waals surface area contributed by atoms with E-state index in [1.807, 2.05) is 6.26 Å². The maximum atomic E-state index is 11.3. The number of hydrogen-bond acceptors (Lipinski definition) is 4. The summed E-state index contributed by atoms with van der Waals surface area (Å²) in [6, 6.07) is 0. The van der Waals surface area contributed by atoms with E-state index in [-0.39, 0.29) is 5.78 Å². The van der Waals surface area contributed by atoms with Crippen LogP contribution in [0.15, 0.2) is 4.21 Å². The number of amides is 1. The van der Waals surface area contributed by atoms with Crippen molar-refractivity contribution in [2.24, 2.45) is 5.73 Å². The molecule has 3 nitrogen and oxygen atoms in total. The summed E-state index contributed by atoms with van der Waals surface area (Å²) in [6.07, 6.45) is 1.88. The van der Waals surface area contributed by atoms with Gasteiger partial charge in [0.1, 0.15) is 0 Å². The molecular formula is C9H11NO2S2. The lowest BCUT2D eigenvalue weighted by Crippen LogP contribution is -2.10. The standard InChI is InChI=1S/C9H11NO2S2/c1-4-6(5(2)11)9(13-3)14-7(4)8(10)12/h1-3H3,(H2,10,12). The number of Topliss-reactive ketones (excluding diaryl/α,β-unsaturated/α-hetero) is 1. The predicted molar refractivity (Wildman–Crippen MR) is 59.4 cm³/mol. The number of thioether (sulfide) groups is 1. The average molecular weight is 229 g/mol. The van der Waals surface area contributed by atoms with Gasteiger partial charge < -0.3 is 5.73 Å². The topological polar surface area (TPSA) is 60.2 Å². The van der Waals surface area contributed by atoms with Crippen LogP contribution in [-0.4, -0.2) is 17.9 Å². The number of rotatable bonds is 3. The minimum absolute atomic E-state index is 0.0180. The third-order valence-corrected chi connectivity index (χ3v) is 4.30. The van der Waals surface area contributed by atoms with Crippen LogP contribution in [0.3, 0.4) is 0 Å². The van der Waals surface area contributed by atoms with Gasteiger partial charge in [0.05, 0.1) is 9.09 Å². The number of carbonyl (C=O) groups is 2. The summed E-state index contributed by atoms with van der Waals surface area (Å²) in [7, 11) is 0. The van der Waals surface area contributed by atoms with Gasteiger partial charge in [-0.05, 0) is 25.7 Å². The first-order valence-electron chi connectivity index (χ1n) is 3.97. The van der Waals surface area contributed by atoms with E-state index in [1.165, 1.54) is 30.0 Å². The third-order valence-electron chi connectivity index (χ3n) is 1.88. The van der Waals surface area contributed by atoms with Gasteiger partial charge in [-0.25, -0.2) is 0 Å². The minimum atomic E-state index is -0.463. The molecule has 0 atom stereocenters. The SMILES string of the molecule is CSc1sc(C(N)=O)c(C)c1C(C)=O. The molecule has 1 aromatic rings. The highest BCUT2D eigenvalue weighted by molar-refractivity contribution is 8.00. The number of thiophene rings is 1. The molecule has 1 heterocycles. The van der Waals surface area contributed by atoms with Crippen molar-refractivity contribution < 1.29 is 9.59 Å². The molecule has 1 rings (SSSR count). The summed E-state index contributed by atoms with van der Waals surface area (Å²) in [5.74, 6) is -0.481. The maximum Gasteiger partial charge on any atom is 0.259 e. The van der Waals surface area contributed by atoms with E-state index in [1.54, 1.807) is 6.92 Å². The Morgan fingerprint density at radius 3 is 2.29 bits per heavy atom. The fourth-order valence-corrected chi connectivity index (χ4v) is 3.30. The molecule has 5 heteroatoms. The van der Waals surface area contributed by atoms with Crippen molar-refractivity contribution >= 4 is 34.8 Å². The minimum Gasteiger partial charge on any atom is -0.365 e. The lowest BCUT2D eigenvalue weighted by molar-refractivity contribution is 0.100. The van der Waals surface area contributed by atoms with E-state index in [0.717, 1.165) is 4.21 Å². The van der Waals surface area contributed by atoms with Gasteiger partial charge >= 0.3 is 0 Å². The van der Waals surface area contributed by atoms with Gasteiger partial charge in [0.25, 0.3) is 5.91 Å². The summed E-state index contributed by atoms with van der Waals surface area (Å²) in [4.78, 5) is 22.8. The van der Waals surface area contributed by atoms with Crippen LogP contribution < -0.4 is 5.73 Å². The summed E-state index contributed by atoms with van der Waals surface area (Å²) in [5.41, 5.74) is 6.55. The van der Waals surface area contributed by atoms with Crippen LogP contribution in [0.1, 0.15) is 32.5 Å². The van der Waals surface area contributed by atoms with Crippen molar-refractivity contribution in [2.45, 2.75) is 18.1 Å². The van der Waals surface area contributed by atoms with Gasteiger partial charge in [0, 0.05) is 5.56 Å². The largest absolute Gasteiger partial charge is 0.365 e. The van der Waals surface area contributed by atoms with E-state index in [0.29, 0.717) is 16.0 Å². The first kappa shape index (κ1) is 11.3. The highest BCUT2D eigenvalue weighted by Gasteiger charge is 2.20. The first-order valence-corrected chi connectivity index (χ1v) is 6.01. The van der Waals surface area contributed by atoms with Crippen LogP contribution >= 0.6 is 23.1 Å². The fourth-order valence-electron chi connectivity index (χ4n) is 1.27. The van der Waals surface area contributed by atoms with Crippen molar-refractivity contribution in [3.8, 4) is 0 Å². The Bertz CT molecular complexity index is 396. The average Bonchev–Trinajstić information content (AvgIpc) is 2.42. The summed E-state index contributed by atoms with van der Waals surface area (Å²) >= 11 is 2.76. The molecule has 0 aliphatic carbocycles. The normalized spacial score (nSPS) is 10.2. The van der Waals surface area contributed by atoms with Crippen LogP contribution in [-0.2, 0) is 0 Å². The maximum absolute atomic E-state index is 11.3. The van der Waals surface area contributed by atoms with Crippen molar-refractivity contribution in [2.75, 3.05) is 6.26 Å². The first-order chi connectivity index (χ1) is 6.49. The molecule has 76 valence electrons. The van der Waals surface area contributed by atoms with Gasteiger partial charge in [-0.3, -0.25) is 9.59 Å². The molecule has 0 aliphatic heterocycles. The Labute approximate surface area is 90.7 Å². The molecule has 0 aromatic carbocycles. The molecule has 0 fully saturated rings. The molecule has 0 radical (unpaired) electrons. The Balaban J connectivity index is 3.40. The van der Waals surface area contributed by atoms with Crippen molar-refractivity contribution in [3.05, 3.63) is 16.0 Å². The highest BCUT2D eigenvalue weighted by Crippen LogP contribution is 2.34. The third kappa shape index (κ3) is 1.83. The zero-order valence-electron chi connectivity index (χ0n) is 8.21. The van der Waals surface area contributed by atoms with Gasteiger partial charge in [0.2, 0.25) is 0 Å². The second-order valence-corrected chi connectivity index (χ2v) is 4.94. The molecule has 0 unspecified atom stereocenters. The fraction of sp³-hybridized carbons (Fsp3) is 0.333. The molecule has 1 aromatic heterocycles. The Kier molecular flexibility index (Phi) is 3.34. The van der Waals surface area contributed by atoms with Crippen LogP contribution in [0, 0.1) is 6.92 Å². The van der Waals surface area contributed by atoms with Crippen molar-refractivity contribution in [3.63, 3.8) is 0 Å². The van der Waals surface area contributed by atoms with Gasteiger partial charge in [-0.2, -0.15) is 0 Å².